The summed E-state index contributed by atoms with van der Waals surface area (Å²) in [7, 11) is 1.22. The molecule has 1 aromatic carbocycles. The summed E-state index contributed by atoms with van der Waals surface area (Å²) < 4.78 is 30.3. The summed E-state index contributed by atoms with van der Waals surface area (Å²) in [6.45, 7) is 0. The zero-order valence-electron chi connectivity index (χ0n) is 7.80. The third-order valence-corrected chi connectivity index (χ3v) is 2.13. The van der Waals surface area contributed by atoms with Gasteiger partial charge in [-0.15, -0.1) is 0 Å². The maximum Gasteiger partial charge on any atom is 0.340 e. The first-order valence-electron chi connectivity index (χ1n) is 4.18. The second-order valence-corrected chi connectivity index (χ2v) is 3.01. The highest BCUT2D eigenvalue weighted by atomic mass is 19.2. The summed E-state index contributed by atoms with van der Waals surface area (Å²) in [4.78, 5) is 13.9. The van der Waals surface area contributed by atoms with E-state index < -0.39 is 17.6 Å². The highest BCUT2D eigenvalue weighted by Crippen LogP contribution is 2.21. The van der Waals surface area contributed by atoms with Gasteiger partial charge in [-0.2, -0.15) is 0 Å². The number of methoxy groups -OCH3 is 1. The van der Waals surface area contributed by atoms with Crippen LogP contribution in [0, 0.1) is 11.6 Å². The maximum atomic E-state index is 12.9. The lowest BCUT2D eigenvalue weighted by atomic mass is 10.1. The fraction of sp³-hybridized carbons (Fsp3) is 0.100. The third kappa shape index (κ3) is 1.45. The number of esters is 1. The predicted octanol–water partition coefficient (Wildman–Crippen LogP) is 2.23. The first-order chi connectivity index (χ1) is 7.13. The van der Waals surface area contributed by atoms with Gasteiger partial charge in [-0.3, -0.25) is 0 Å². The topological polar surface area (TPSA) is 42.1 Å². The summed E-state index contributed by atoms with van der Waals surface area (Å²) in [6, 6.07) is 1.96. The highest BCUT2D eigenvalue weighted by Gasteiger charge is 2.14. The number of hydrogen-bond acceptors (Lipinski definition) is 2. The summed E-state index contributed by atoms with van der Waals surface area (Å²) in [5.41, 5.74) is 0.542. The molecule has 2 aromatic rings. The van der Waals surface area contributed by atoms with Gasteiger partial charge in [0, 0.05) is 23.2 Å². The molecule has 2 rings (SSSR count). The Labute approximate surface area is 83.7 Å². The van der Waals surface area contributed by atoms with Gasteiger partial charge in [-0.1, -0.05) is 0 Å². The number of hydrogen-bond donors (Lipinski definition) is 1. The van der Waals surface area contributed by atoms with E-state index >= 15 is 0 Å². The van der Waals surface area contributed by atoms with E-state index in [0.29, 0.717) is 10.9 Å². The molecule has 1 heterocycles. The van der Waals surface area contributed by atoms with Crippen LogP contribution in [0.25, 0.3) is 10.9 Å². The summed E-state index contributed by atoms with van der Waals surface area (Å²) in [5.74, 6) is -2.54. The summed E-state index contributed by atoms with van der Waals surface area (Å²) >= 11 is 0. The molecule has 0 fully saturated rings. The van der Waals surface area contributed by atoms with Gasteiger partial charge in [0.05, 0.1) is 12.7 Å². The Morgan fingerprint density at radius 3 is 2.67 bits per heavy atom. The van der Waals surface area contributed by atoms with Crippen LogP contribution >= 0.6 is 0 Å². The van der Waals surface area contributed by atoms with Gasteiger partial charge in [0.15, 0.2) is 11.6 Å². The van der Waals surface area contributed by atoms with Crippen LogP contribution in [-0.4, -0.2) is 18.1 Å². The minimum absolute atomic E-state index is 0.186. The van der Waals surface area contributed by atoms with Crippen molar-refractivity contribution in [3.8, 4) is 0 Å². The molecule has 0 aliphatic heterocycles. The van der Waals surface area contributed by atoms with Gasteiger partial charge in [0.1, 0.15) is 0 Å². The molecule has 0 saturated carbocycles. The van der Waals surface area contributed by atoms with Crippen molar-refractivity contribution in [1.82, 2.24) is 4.98 Å². The zero-order chi connectivity index (χ0) is 11.0. The lowest BCUT2D eigenvalue weighted by Crippen LogP contribution is -1.99. The fourth-order valence-corrected chi connectivity index (χ4v) is 1.40. The van der Waals surface area contributed by atoms with E-state index in [4.69, 9.17) is 0 Å². The lowest BCUT2D eigenvalue weighted by Gasteiger charge is -1.97. The Morgan fingerprint density at radius 2 is 2.00 bits per heavy atom. The molecule has 0 aliphatic rings. The lowest BCUT2D eigenvalue weighted by molar-refractivity contribution is 0.0603. The van der Waals surface area contributed by atoms with Crippen molar-refractivity contribution in [2.75, 3.05) is 7.11 Å². The monoisotopic (exact) mass is 211 g/mol. The second kappa shape index (κ2) is 3.34. The Bertz CT molecular complexity index is 533. The molecular formula is C10H7F2NO2. The van der Waals surface area contributed by atoms with Crippen molar-refractivity contribution in [2.24, 2.45) is 0 Å². The molecule has 0 unspecified atom stereocenters. The van der Waals surface area contributed by atoms with Crippen LogP contribution in [0.5, 0.6) is 0 Å². The van der Waals surface area contributed by atoms with Crippen LogP contribution in [-0.2, 0) is 4.74 Å². The van der Waals surface area contributed by atoms with E-state index in [-0.39, 0.29) is 5.56 Å². The zero-order valence-corrected chi connectivity index (χ0v) is 7.80. The van der Waals surface area contributed by atoms with Crippen LogP contribution in [0.15, 0.2) is 18.3 Å². The van der Waals surface area contributed by atoms with Gasteiger partial charge in [0.2, 0.25) is 0 Å². The fourth-order valence-electron chi connectivity index (χ4n) is 1.40. The maximum absolute atomic E-state index is 12.9. The number of aromatic nitrogens is 1. The number of carbonyl (C=O) groups excluding carboxylic acids is 1. The van der Waals surface area contributed by atoms with Crippen LogP contribution < -0.4 is 0 Å². The average Bonchev–Trinajstić information content (AvgIpc) is 2.61. The van der Waals surface area contributed by atoms with E-state index in [1.165, 1.54) is 13.3 Å². The van der Waals surface area contributed by atoms with Gasteiger partial charge in [-0.25, -0.2) is 13.6 Å². The van der Waals surface area contributed by atoms with Gasteiger partial charge in [0.25, 0.3) is 0 Å². The second-order valence-electron chi connectivity index (χ2n) is 3.01. The Kier molecular flexibility index (Phi) is 2.15. The smallest absolute Gasteiger partial charge is 0.340 e. The molecule has 5 heteroatoms. The molecule has 78 valence electrons. The third-order valence-electron chi connectivity index (χ3n) is 2.13. The molecule has 0 radical (unpaired) electrons. The van der Waals surface area contributed by atoms with Gasteiger partial charge >= 0.3 is 5.97 Å². The molecule has 1 aromatic heterocycles. The minimum Gasteiger partial charge on any atom is -0.465 e. The Hall–Kier alpha value is -1.91. The molecule has 0 atom stereocenters. The quantitative estimate of drug-likeness (QED) is 0.735. The van der Waals surface area contributed by atoms with E-state index in [9.17, 15) is 13.6 Å². The van der Waals surface area contributed by atoms with E-state index in [2.05, 4.69) is 9.72 Å². The van der Waals surface area contributed by atoms with E-state index in [1.807, 2.05) is 0 Å². The molecule has 0 aliphatic carbocycles. The van der Waals surface area contributed by atoms with Crippen LogP contribution in [0.3, 0.4) is 0 Å². The van der Waals surface area contributed by atoms with Crippen LogP contribution in [0.2, 0.25) is 0 Å². The Morgan fingerprint density at radius 1 is 1.33 bits per heavy atom. The normalized spacial score (nSPS) is 10.6. The number of halogens is 2. The van der Waals surface area contributed by atoms with Gasteiger partial charge in [-0.05, 0) is 6.07 Å². The number of H-pyrrole nitrogens is 1. The minimum atomic E-state index is -0.993. The average molecular weight is 211 g/mol. The highest BCUT2D eigenvalue weighted by molar-refractivity contribution is 6.03. The van der Waals surface area contributed by atoms with E-state index in [1.54, 1.807) is 0 Å². The van der Waals surface area contributed by atoms with Crippen molar-refractivity contribution in [3.63, 3.8) is 0 Å². The summed E-state index contributed by atoms with van der Waals surface area (Å²) in [6.07, 6.45) is 1.36. The first-order valence-corrected chi connectivity index (χ1v) is 4.18. The number of nitrogens with one attached hydrogen (secondary N) is 1. The number of carbonyl (C=O) groups is 1. The molecule has 15 heavy (non-hydrogen) atoms. The number of aromatic amines is 1. The number of fused-ring (bicyclic) bond motifs is 1. The van der Waals surface area contributed by atoms with Crippen molar-refractivity contribution in [2.45, 2.75) is 0 Å². The molecule has 3 nitrogen and oxygen atoms in total. The van der Waals surface area contributed by atoms with Crippen LogP contribution in [0.4, 0.5) is 8.78 Å². The van der Waals surface area contributed by atoms with Crippen molar-refractivity contribution >= 4 is 16.9 Å². The molecule has 0 amide bonds. The van der Waals surface area contributed by atoms with E-state index in [0.717, 1.165) is 12.1 Å². The molecule has 0 bridgehead atoms. The number of rotatable bonds is 1. The van der Waals surface area contributed by atoms with Gasteiger partial charge < -0.3 is 9.72 Å². The first kappa shape index (κ1) is 9.64. The van der Waals surface area contributed by atoms with Crippen LogP contribution in [0.1, 0.15) is 10.4 Å². The predicted molar refractivity (Wildman–Crippen MR) is 49.6 cm³/mol. The van der Waals surface area contributed by atoms with Crippen molar-refractivity contribution in [3.05, 3.63) is 35.5 Å². The largest absolute Gasteiger partial charge is 0.465 e. The number of benzene rings is 1. The summed E-state index contributed by atoms with van der Waals surface area (Å²) in [5, 5.41) is 0.306. The number of ether oxygens (including phenoxy) is 1. The molecule has 0 saturated heterocycles. The Balaban J connectivity index is 2.69. The molecule has 0 spiro atoms. The SMILES string of the molecule is COC(=O)c1c[nH]c2cc(F)c(F)cc12. The molecular weight excluding hydrogens is 204 g/mol. The van der Waals surface area contributed by atoms with Crippen molar-refractivity contribution in [1.29, 1.82) is 0 Å². The standard InChI is InChI=1S/C10H7F2NO2/c1-15-10(14)6-4-13-9-3-8(12)7(11)2-5(6)9/h2-4,13H,1H3. The van der Waals surface area contributed by atoms with Crippen molar-refractivity contribution < 1.29 is 18.3 Å². The molecule has 1 N–H and O–H groups in total.